The average molecular weight is 338 g/mol. The maximum absolute atomic E-state index is 12.4. The lowest BCUT2D eigenvalue weighted by atomic mass is 9.91. The molecule has 5 nitrogen and oxygen atoms in total. The summed E-state index contributed by atoms with van der Waals surface area (Å²) in [5, 5.41) is 7.10. The van der Waals surface area contributed by atoms with Crippen molar-refractivity contribution in [3.8, 4) is 0 Å². The molecule has 24 heavy (non-hydrogen) atoms. The number of thioether (sulfide) groups is 1. The molecule has 2 aliphatic heterocycles. The Morgan fingerprint density at radius 2 is 2.04 bits per heavy atom. The molecule has 2 aromatic rings. The topological polar surface area (TPSA) is 66.4 Å². The van der Waals surface area contributed by atoms with E-state index in [0.717, 1.165) is 18.8 Å². The van der Waals surface area contributed by atoms with Gasteiger partial charge in [0.2, 0.25) is 0 Å². The lowest BCUT2D eigenvalue weighted by Gasteiger charge is -2.36. The summed E-state index contributed by atoms with van der Waals surface area (Å²) in [7, 11) is 0. The molecule has 2 N–H and O–H groups in total. The third-order valence-corrected chi connectivity index (χ3v) is 6.00. The Morgan fingerprint density at radius 1 is 1.21 bits per heavy atom. The Labute approximate surface area is 145 Å². The van der Waals surface area contributed by atoms with Crippen LogP contribution in [0.15, 0.2) is 59.7 Å². The van der Waals surface area contributed by atoms with Gasteiger partial charge in [0.05, 0.1) is 10.4 Å². The van der Waals surface area contributed by atoms with Crippen LogP contribution in [0.1, 0.15) is 16.1 Å². The van der Waals surface area contributed by atoms with Crippen LogP contribution in [0.2, 0.25) is 0 Å². The zero-order chi connectivity index (χ0) is 16.4. The van der Waals surface area contributed by atoms with E-state index in [1.54, 1.807) is 23.9 Å². The SMILES string of the molecule is O=C(NC1=NC[C@H]2CNC[C@]2(c2ccccn2)S1)c1ccccc1. The van der Waals surface area contributed by atoms with Gasteiger partial charge in [0.25, 0.3) is 5.91 Å². The Balaban J connectivity index is 1.58. The highest BCUT2D eigenvalue weighted by molar-refractivity contribution is 8.14. The molecule has 0 bridgehead atoms. The number of hydrogen-bond acceptors (Lipinski definition) is 5. The van der Waals surface area contributed by atoms with Gasteiger partial charge in [-0.25, -0.2) is 0 Å². The molecular formula is C18H18N4OS. The van der Waals surface area contributed by atoms with Crippen molar-refractivity contribution in [2.75, 3.05) is 19.6 Å². The van der Waals surface area contributed by atoms with E-state index in [9.17, 15) is 4.79 Å². The van der Waals surface area contributed by atoms with Crippen LogP contribution in [-0.4, -0.2) is 35.7 Å². The van der Waals surface area contributed by atoms with E-state index in [-0.39, 0.29) is 10.7 Å². The number of aromatic nitrogens is 1. The molecule has 3 heterocycles. The lowest BCUT2D eigenvalue weighted by molar-refractivity contribution is 0.0977. The van der Waals surface area contributed by atoms with E-state index in [2.05, 4.69) is 26.7 Å². The Kier molecular flexibility index (Phi) is 4.08. The molecule has 1 aromatic carbocycles. The molecule has 6 heteroatoms. The number of benzene rings is 1. The second-order valence-corrected chi connectivity index (χ2v) is 7.32. The highest BCUT2D eigenvalue weighted by Gasteiger charge is 2.49. The quantitative estimate of drug-likeness (QED) is 0.879. The van der Waals surface area contributed by atoms with Crippen LogP contribution in [0, 0.1) is 5.92 Å². The fraction of sp³-hybridized carbons (Fsp3) is 0.278. The van der Waals surface area contributed by atoms with Crippen LogP contribution in [-0.2, 0) is 4.75 Å². The van der Waals surface area contributed by atoms with Crippen molar-refractivity contribution < 1.29 is 4.79 Å². The van der Waals surface area contributed by atoms with Crippen LogP contribution >= 0.6 is 11.8 Å². The predicted molar refractivity (Wildman–Crippen MR) is 96.1 cm³/mol. The monoisotopic (exact) mass is 338 g/mol. The van der Waals surface area contributed by atoms with E-state index in [4.69, 9.17) is 0 Å². The molecule has 1 amide bonds. The summed E-state index contributed by atoms with van der Waals surface area (Å²) >= 11 is 1.62. The number of pyridine rings is 1. The minimum Gasteiger partial charge on any atom is -0.315 e. The zero-order valence-electron chi connectivity index (χ0n) is 13.1. The van der Waals surface area contributed by atoms with Crippen LogP contribution in [0.5, 0.6) is 0 Å². The number of fused-ring (bicyclic) bond motifs is 1. The first-order chi connectivity index (χ1) is 11.8. The molecule has 2 aliphatic rings. The highest BCUT2D eigenvalue weighted by Crippen LogP contribution is 2.47. The van der Waals surface area contributed by atoms with Gasteiger partial charge in [-0.05, 0) is 24.3 Å². The maximum Gasteiger partial charge on any atom is 0.257 e. The molecule has 0 radical (unpaired) electrons. The van der Waals surface area contributed by atoms with Gasteiger partial charge in [-0.2, -0.15) is 0 Å². The van der Waals surface area contributed by atoms with Crippen molar-refractivity contribution in [1.82, 2.24) is 15.6 Å². The van der Waals surface area contributed by atoms with Gasteiger partial charge in [0.15, 0.2) is 5.17 Å². The van der Waals surface area contributed by atoms with Gasteiger partial charge in [0.1, 0.15) is 0 Å². The number of amidine groups is 1. The van der Waals surface area contributed by atoms with E-state index in [1.165, 1.54) is 0 Å². The number of hydrogen-bond donors (Lipinski definition) is 2. The summed E-state index contributed by atoms with van der Waals surface area (Å²) in [5.74, 6) is 0.261. The first kappa shape index (κ1) is 15.4. The van der Waals surface area contributed by atoms with Crippen molar-refractivity contribution in [1.29, 1.82) is 0 Å². The van der Waals surface area contributed by atoms with Crippen LogP contribution in [0.4, 0.5) is 0 Å². The molecular weight excluding hydrogens is 320 g/mol. The van der Waals surface area contributed by atoms with Gasteiger partial charge < -0.3 is 10.6 Å². The normalized spacial score (nSPS) is 25.7. The van der Waals surface area contributed by atoms with Crippen LogP contribution < -0.4 is 10.6 Å². The molecule has 0 spiro atoms. The van der Waals surface area contributed by atoms with E-state index >= 15 is 0 Å². The smallest absolute Gasteiger partial charge is 0.257 e. The molecule has 1 fully saturated rings. The summed E-state index contributed by atoms with van der Waals surface area (Å²) in [6, 6.07) is 15.2. The minimum atomic E-state index is -0.164. The fourth-order valence-electron chi connectivity index (χ4n) is 3.26. The predicted octanol–water partition coefficient (Wildman–Crippen LogP) is 2.03. The van der Waals surface area contributed by atoms with Crippen molar-refractivity contribution in [3.63, 3.8) is 0 Å². The zero-order valence-corrected chi connectivity index (χ0v) is 13.9. The van der Waals surface area contributed by atoms with Crippen molar-refractivity contribution in [2.45, 2.75) is 4.75 Å². The Morgan fingerprint density at radius 3 is 2.83 bits per heavy atom. The molecule has 2 atom stereocenters. The molecule has 1 aromatic heterocycles. The lowest BCUT2D eigenvalue weighted by Crippen LogP contribution is -2.42. The van der Waals surface area contributed by atoms with Crippen LogP contribution in [0.3, 0.4) is 0 Å². The van der Waals surface area contributed by atoms with Gasteiger partial charge in [-0.1, -0.05) is 36.0 Å². The summed E-state index contributed by atoms with van der Waals surface area (Å²) < 4.78 is -0.164. The number of nitrogens with zero attached hydrogens (tertiary/aromatic N) is 2. The third kappa shape index (κ3) is 2.72. The molecule has 4 rings (SSSR count). The number of aliphatic imine (C=N–C) groups is 1. The molecule has 0 aliphatic carbocycles. The Bertz CT molecular complexity index is 765. The number of nitrogens with one attached hydrogen (secondary N) is 2. The molecule has 0 unspecified atom stereocenters. The third-order valence-electron chi connectivity index (χ3n) is 4.53. The van der Waals surface area contributed by atoms with Gasteiger partial charge >= 0.3 is 0 Å². The van der Waals surface area contributed by atoms with E-state index < -0.39 is 0 Å². The van der Waals surface area contributed by atoms with Crippen molar-refractivity contribution >= 4 is 22.8 Å². The summed E-state index contributed by atoms with van der Waals surface area (Å²) in [6.07, 6.45) is 1.83. The standard InChI is InChI=1S/C18H18N4OS/c23-16(13-6-2-1-3-7-13)22-17-21-11-14-10-19-12-18(14,24-17)15-8-4-5-9-20-15/h1-9,14,19H,10-12H2,(H,21,22,23)/t14-,18+/m1/s1. The minimum absolute atomic E-state index is 0.123. The average Bonchev–Trinajstić information content (AvgIpc) is 3.07. The number of carbonyl (C=O) groups excluding carboxylic acids is 1. The maximum atomic E-state index is 12.4. The summed E-state index contributed by atoms with van der Waals surface area (Å²) in [5.41, 5.74) is 1.69. The van der Waals surface area contributed by atoms with Gasteiger partial charge in [-0.15, -0.1) is 0 Å². The number of carbonyl (C=O) groups is 1. The van der Waals surface area contributed by atoms with E-state index in [1.807, 2.05) is 36.5 Å². The number of amides is 1. The van der Waals surface area contributed by atoms with Gasteiger partial charge in [-0.3, -0.25) is 14.8 Å². The van der Waals surface area contributed by atoms with Crippen LogP contribution in [0.25, 0.3) is 0 Å². The second kappa shape index (κ2) is 6.37. The highest BCUT2D eigenvalue weighted by atomic mass is 32.2. The fourth-order valence-corrected chi connectivity index (χ4v) is 4.61. The van der Waals surface area contributed by atoms with Gasteiger partial charge in [0, 0.05) is 37.3 Å². The van der Waals surface area contributed by atoms with Crippen molar-refractivity contribution in [3.05, 3.63) is 66.0 Å². The first-order valence-electron chi connectivity index (χ1n) is 8.00. The summed E-state index contributed by atoms with van der Waals surface area (Å²) in [6.45, 7) is 2.45. The first-order valence-corrected chi connectivity index (χ1v) is 8.82. The molecule has 1 saturated heterocycles. The largest absolute Gasteiger partial charge is 0.315 e. The second-order valence-electron chi connectivity index (χ2n) is 6.00. The Hall–Kier alpha value is -2.18. The number of rotatable bonds is 2. The molecule has 0 saturated carbocycles. The summed E-state index contributed by atoms with van der Waals surface area (Å²) in [4.78, 5) is 21.6. The van der Waals surface area contributed by atoms with Crippen molar-refractivity contribution in [2.24, 2.45) is 10.9 Å². The molecule has 122 valence electrons. The van der Waals surface area contributed by atoms with E-state index in [0.29, 0.717) is 23.2 Å².